The zero-order valence-electron chi connectivity index (χ0n) is 6.53. The molecule has 0 amide bonds. The molecule has 0 atom stereocenters. The molecule has 0 aromatic carbocycles. The molecule has 0 radical (unpaired) electrons. The normalized spacial score (nSPS) is 9.00. The molecule has 1 N–H and O–H groups in total. The highest BCUT2D eigenvalue weighted by Crippen LogP contribution is 2.05. The lowest BCUT2D eigenvalue weighted by atomic mass is 10.2. The summed E-state index contributed by atoms with van der Waals surface area (Å²) < 4.78 is 0. The van der Waals surface area contributed by atoms with Crippen molar-refractivity contribution < 1.29 is 9.90 Å². The molecule has 1 aromatic rings. The Hall–Kier alpha value is -1.82. The predicted molar refractivity (Wildman–Crippen MR) is 43.9 cm³/mol. The number of aryl methyl sites for hydroxylation is 1. The smallest absolute Gasteiger partial charge is 0.355 e. The maximum absolute atomic E-state index is 10.6. The zero-order valence-corrected chi connectivity index (χ0v) is 6.53. The highest BCUT2D eigenvalue weighted by Gasteiger charge is 2.09. The highest BCUT2D eigenvalue weighted by atomic mass is 16.4. The van der Waals surface area contributed by atoms with Crippen LogP contribution in [-0.4, -0.2) is 16.1 Å². The first-order valence-electron chi connectivity index (χ1n) is 3.32. The van der Waals surface area contributed by atoms with E-state index in [0.717, 1.165) is 0 Å². The van der Waals surface area contributed by atoms with E-state index in [1.165, 1.54) is 0 Å². The van der Waals surface area contributed by atoms with Gasteiger partial charge in [-0.25, -0.2) is 9.78 Å². The van der Waals surface area contributed by atoms with E-state index in [4.69, 9.17) is 11.5 Å². The number of hydrogen-bond donors (Lipinski definition) is 1. The number of carboxylic acid groups (broad SMARTS) is 1. The molecule has 0 saturated carbocycles. The second kappa shape index (κ2) is 3.05. The van der Waals surface area contributed by atoms with Gasteiger partial charge >= 0.3 is 5.97 Å². The maximum Gasteiger partial charge on any atom is 0.355 e. The summed E-state index contributed by atoms with van der Waals surface area (Å²) in [6.45, 7) is 1.72. The third-order valence-corrected chi connectivity index (χ3v) is 1.39. The van der Waals surface area contributed by atoms with Crippen LogP contribution in [0.2, 0.25) is 0 Å². The molecule has 0 bridgehead atoms. The van der Waals surface area contributed by atoms with Crippen LogP contribution in [0.5, 0.6) is 0 Å². The van der Waals surface area contributed by atoms with Gasteiger partial charge in [0.15, 0.2) is 5.69 Å². The van der Waals surface area contributed by atoms with E-state index in [-0.39, 0.29) is 5.69 Å². The molecule has 1 rings (SSSR count). The van der Waals surface area contributed by atoms with Gasteiger partial charge in [-0.15, -0.1) is 6.42 Å². The molecule has 0 unspecified atom stereocenters. The van der Waals surface area contributed by atoms with Crippen LogP contribution in [0.4, 0.5) is 0 Å². The van der Waals surface area contributed by atoms with Gasteiger partial charge in [0.05, 0.1) is 5.56 Å². The van der Waals surface area contributed by atoms with Gasteiger partial charge in [0.2, 0.25) is 0 Å². The van der Waals surface area contributed by atoms with Crippen molar-refractivity contribution in [3.05, 3.63) is 29.1 Å². The molecule has 3 heteroatoms. The van der Waals surface area contributed by atoms with Gasteiger partial charge in [-0.3, -0.25) is 0 Å². The van der Waals surface area contributed by atoms with Crippen LogP contribution in [0.15, 0.2) is 12.1 Å². The van der Waals surface area contributed by atoms with E-state index < -0.39 is 5.97 Å². The highest BCUT2D eigenvalue weighted by molar-refractivity contribution is 5.88. The zero-order chi connectivity index (χ0) is 9.14. The van der Waals surface area contributed by atoms with Gasteiger partial charge in [-0.1, -0.05) is 5.92 Å². The molecule has 1 heterocycles. The molecular formula is C9H7NO2. The fourth-order valence-electron chi connectivity index (χ4n) is 0.836. The summed E-state index contributed by atoms with van der Waals surface area (Å²) in [6, 6.07) is 3.26. The third-order valence-electron chi connectivity index (χ3n) is 1.39. The molecular weight excluding hydrogens is 154 g/mol. The second-order valence-electron chi connectivity index (χ2n) is 2.30. The van der Waals surface area contributed by atoms with Gasteiger partial charge in [-0.2, -0.15) is 0 Å². The topological polar surface area (TPSA) is 50.2 Å². The number of carboxylic acids is 1. The van der Waals surface area contributed by atoms with Crippen LogP contribution < -0.4 is 0 Å². The average molecular weight is 161 g/mol. The number of carbonyl (C=O) groups is 1. The van der Waals surface area contributed by atoms with Crippen LogP contribution >= 0.6 is 0 Å². The van der Waals surface area contributed by atoms with E-state index in [2.05, 4.69) is 10.9 Å². The Morgan fingerprint density at radius 3 is 2.83 bits per heavy atom. The Balaban J connectivity index is 3.34. The first kappa shape index (κ1) is 8.28. The summed E-state index contributed by atoms with van der Waals surface area (Å²) in [5, 5.41) is 8.66. The Kier molecular flexibility index (Phi) is 2.11. The van der Waals surface area contributed by atoms with Crippen LogP contribution in [0.3, 0.4) is 0 Å². The fraction of sp³-hybridized carbons (Fsp3) is 0.111. The van der Waals surface area contributed by atoms with Crippen molar-refractivity contribution >= 4 is 5.97 Å². The summed E-state index contributed by atoms with van der Waals surface area (Å²) in [4.78, 5) is 14.4. The number of rotatable bonds is 1. The molecule has 0 aliphatic carbocycles. The number of pyridine rings is 1. The van der Waals surface area contributed by atoms with Crippen molar-refractivity contribution in [2.75, 3.05) is 0 Å². The second-order valence-corrected chi connectivity index (χ2v) is 2.30. The van der Waals surface area contributed by atoms with Gasteiger partial charge in [0.25, 0.3) is 0 Å². The molecule has 3 nitrogen and oxygen atoms in total. The average Bonchev–Trinajstić information content (AvgIpc) is 2.04. The number of hydrogen-bond acceptors (Lipinski definition) is 2. The van der Waals surface area contributed by atoms with Crippen molar-refractivity contribution in [3.63, 3.8) is 0 Å². The number of nitrogens with zero attached hydrogens (tertiary/aromatic N) is 1. The lowest BCUT2D eigenvalue weighted by Crippen LogP contribution is -2.04. The molecule has 12 heavy (non-hydrogen) atoms. The molecule has 60 valence electrons. The summed E-state index contributed by atoms with van der Waals surface area (Å²) in [5.74, 6) is 1.17. The van der Waals surface area contributed by atoms with E-state index in [0.29, 0.717) is 11.3 Å². The summed E-state index contributed by atoms with van der Waals surface area (Å²) in [6.07, 6.45) is 5.09. The largest absolute Gasteiger partial charge is 0.476 e. The van der Waals surface area contributed by atoms with Crippen molar-refractivity contribution in [2.45, 2.75) is 6.92 Å². The van der Waals surface area contributed by atoms with Crippen molar-refractivity contribution in [1.29, 1.82) is 0 Å². The van der Waals surface area contributed by atoms with Gasteiger partial charge in [0, 0.05) is 5.69 Å². The third kappa shape index (κ3) is 1.43. The van der Waals surface area contributed by atoms with Crippen molar-refractivity contribution in [2.24, 2.45) is 0 Å². The minimum absolute atomic E-state index is 0.0579. The number of aromatic nitrogens is 1. The van der Waals surface area contributed by atoms with Crippen LogP contribution in [-0.2, 0) is 0 Å². The minimum atomic E-state index is -1.09. The Morgan fingerprint density at radius 1 is 1.67 bits per heavy atom. The molecule has 0 spiro atoms. The minimum Gasteiger partial charge on any atom is -0.476 e. The Labute approximate surface area is 70.1 Å². The van der Waals surface area contributed by atoms with E-state index in [1.807, 2.05) is 0 Å². The van der Waals surface area contributed by atoms with Crippen molar-refractivity contribution in [1.82, 2.24) is 4.98 Å². The summed E-state index contributed by atoms with van der Waals surface area (Å²) in [5.41, 5.74) is 0.900. The predicted octanol–water partition coefficient (Wildman–Crippen LogP) is 1.07. The van der Waals surface area contributed by atoms with Gasteiger partial charge in [0.1, 0.15) is 0 Å². The van der Waals surface area contributed by atoms with E-state index >= 15 is 0 Å². The fourth-order valence-corrected chi connectivity index (χ4v) is 0.836. The van der Waals surface area contributed by atoms with E-state index in [9.17, 15) is 4.79 Å². The lowest BCUT2D eigenvalue weighted by molar-refractivity contribution is 0.0690. The quantitative estimate of drug-likeness (QED) is 0.627. The summed E-state index contributed by atoms with van der Waals surface area (Å²) in [7, 11) is 0. The van der Waals surface area contributed by atoms with Crippen molar-refractivity contribution in [3.8, 4) is 12.3 Å². The Bertz CT molecular complexity index is 363. The maximum atomic E-state index is 10.6. The standard InChI is InChI=1S/C9H7NO2/c1-3-7-5-4-6(2)10-8(7)9(11)12/h1,4-5H,2H3,(H,11,12). The molecule has 0 saturated heterocycles. The van der Waals surface area contributed by atoms with E-state index in [1.54, 1.807) is 19.1 Å². The number of aromatic carboxylic acids is 1. The molecule has 0 fully saturated rings. The first-order valence-corrected chi connectivity index (χ1v) is 3.32. The van der Waals surface area contributed by atoms with Gasteiger partial charge in [-0.05, 0) is 19.1 Å². The van der Waals surface area contributed by atoms with Crippen LogP contribution in [0.25, 0.3) is 0 Å². The van der Waals surface area contributed by atoms with Crippen LogP contribution in [0.1, 0.15) is 21.7 Å². The summed E-state index contributed by atoms with van der Waals surface area (Å²) >= 11 is 0. The van der Waals surface area contributed by atoms with Crippen LogP contribution in [0, 0.1) is 19.3 Å². The molecule has 1 aromatic heterocycles. The monoisotopic (exact) mass is 161 g/mol. The molecule has 0 aliphatic heterocycles. The Morgan fingerprint density at radius 2 is 2.33 bits per heavy atom. The lowest BCUT2D eigenvalue weighted by Gasteiger charge is -1.98. The van der Waals surface area contributed by atoms with Gasteiger partial charge < -0.3 is 5.11 Å². The SMILES string of the molecule is C#Cc1ccc(C)nc1C(=O)O. The first-order chi connectivity index (χ1) is 5.65. The number of terminal acetylenes is 1. The molecule has 0 aliphatic rings.